The molecular weight excluding hydrogens is 448 g/mol. The Labute approximate surface area is 205 Å². The summed E-state index contributed by atoms with van der Waals surface area (Å²) >= 11 is 0. The Morgan fingerprint density at radius 3 is 2.46 bits per heavy atom. The van der Waals surface area contributed by atoms with Gasteiger partial charge in [-0.25, -0.2) is 4.68 Å². The lowest BCUT2D eigenvalue weighted by Gasteiger charge is -2.19. The monoisotopic (exact) mass is 480 g/mol. The van der Waals surface area contributed by atoms with E-state index in [1.165, 1.54) is 36.9 Å². The normalized spacial score (nSPS) is 19.0. The number of carbonyl (C=O) groups excluding carboxylic acids is 3. The zero-order chi connectivity index (χ0) is 25.4. The van der Waals surface area contributed by atoms with Crippen molar-refractivity contribution in [3.8, 4) is 11.8 Å². The Morgan fingerprint density at radius 2 is 1.83 bits per heavy atom. The van der Waals surface area contributed by atoms with Crippen LogP contribution in [0.15, 0.2) is 24.3 Å². The van der Waals surface area contributed by atoms with Gasteiger partial charge >= 0.3 is 11.9 Å². The maximum Gasteiger partial charge on any atom is 0.302 e. The third-order valence-corrected chi connectivity index (χ3v) is 6.00. The summed E-state index contributed by atoms with van der Waals surface area (Å²) in [6.45, 7) is 5.06. The van der Waals surface area contributed by atoms with E-state index >= 15 is 0 Å². The number of amides is 1. The number of carbonyl (C=O) groups is 3. The van der Waals surface area contributed by atoms with Crippen molar-refractivity contribution in [3.63, 3.8) is 0 Å². The summed E-state index contributed by atoms with van der Waals surface area (Å²) in [5, 5.41) is 8.09. The highest BCUT2D eigenvalue weighted by Crippen LogP contribution is 2.38. The molecule has 1 aliphatic carbocycles. The van der Waals surface area contributed by atoms with Crippen LogP contribution in [0, 0.1) is 17.8 Å². The quantitative estimate of drug-likeness (QED) is 0.332. The molecule has 186 valence electrons. The van der Waals surface area contributed by atoms with E-state index < -0.39 is 24.0 Å². The third-order valence-electron chi connectivity index (χ3n) is 6.00. The van der Waals surface area contributed by atoms with Gasteiger partial charge in [-0.2, -0.15) is 0 Å². The number of aryl methyl sites for hydroxylation is 1. The summed E-state index contributed by atoms with van der Waals surface area (Å²) in [5.41, 5.74) is 7.79. The molecule has 2 N–H and O–H groups in total. The van der Waals surface area contributed by atoms with E-state index in [4.69, 9.17) is 15.2 Å². The van der Waals surface area contributed by atoms with Crippen LogP contribution in [0.2, 0.25) is 0 Å². The topological polar surface area (TPSA) is 126 Å². The van der Waals surface area contributed by atoms with Crippen molar-refractivity contribution in [2.75, 3.05) is 6.61 Å². The van der Waals surface area contributed by atoms with Crippen LogP contribution in [0.1, 0.15) is 86.2 Å². The first-order valence-electron chi connectivity index (χ1n) is 11.9. The number of unbranched alkanes of at least 4 members (excludes halogenated alkanes) is 2. The molecule has 3 rings (SSSR count). The minimum atomic E-state index is -0.745. The minimum absolute atomic E-state index is 0.0429. The van der Waals surface area contributed by atoms with E-state index in [-0.39, 0.29) is 29.9 Å². The molecule has 1 aliphatic rings. The average Bonchev–Trinajstić information content (AvgIpc) is 3.40. The first-order chi connectivity index (χ1) is 16.8. The van der Waals surface area contributed by atoms with Gasteiger partial charge in [0.25, 0.3) is 5.91 Å². The van der Waals surface area contributed by atoms with Crippen molar-refractivity contribution in [3.05, 3.63) is 46.8 Å². The number of rotatable bonds is 9. The van der Waals surface area contributed by atoms with Crippen LogP contribution in [0.3, 0.4) is 0 Å². The lowest BCUT2D eigenvalue weighted by Crippen LogP contribution is -2.26. The molecule has 0 aliphatic heterocycles. The molecule has 0 bridgehead atoms. The molecule has 9 heteroatoms. The fourth-order valence-corrected chi connectivity index (χ4v) is 4.32. The molecule has 1 saturated carbocycles. The van der Waals surface area contributed by atoms with Crippen LogP contribution >= 0.6 is 0 Å². The SMILES string of the molecule is CCCCCc1ccc(C#Cc2c(C(N)=O)nnn2[C@@H]2C[C@H](COC(C)=O)C[C@H]2OC(C)=O)cc1. The summed E-state index contributed by atoms with van der Waals surface area (Å²) < 4.78 is 12.2. The second-order valence-corrected chi connectivity index (χ2v) is 8.85. The lowest BCUT2D eigenvalue weighted by molar-refractivity contribution is -0.148. The molecule has 1 aromatic heterocycles. The van der Waals surface area contributed by atoms with Gasteiger partial charge in [-0.3, -0.25) is 14.4 Å². The van der Waals surface area contributed by atoms with Crippen molar-refractivity contribution >= 4 is 17.8 Å². The minimum Gasteiger partial charge on any atom is -0.466 e. The molecule has 0 spiro atoms. The van der Waals surface area contributed by atoms with Crippen LogP contribution in [0.25, 0.3) is 0 Å². The van der Waals surface area contributed by atoms with Crippen LogP contribution in [-0.4, -0.2) is 45.6 Å². The molecule has 1 amide bonds. The number of nitrogens with two attached hydrogens (primary N) is 1. The highest BCUT2D eigenvalue weighted by atomic mass is 16.5. The summed E-state index contributed by atoms with van der Waals surface area (Å²) in [6, 6.07) is 7.57. The van der Waals surface area contributed by atoms with E-state index in [1.54, 1.807) is 0 Å². The summed E-state index contributed by atoms with van der Waals surface area (Å²) in [6.07, 6.45) is 5.01. The molecule has 35 heavy (non-hydrogen) atoms. The smallest absolute Gasteiger partial charge is 0.302 e. The van der Waals surface area contributed by atoms with Crippen LogP contribution in [0.5, 0.6) is 0 Å². The predicted molar refractivity (Wildman–Crippen MR) is 128 cm³/mol. The van der Waals surface area contributed by atoms with Crippen molar-refractivity contribution < 1.29 is 23.9 Å². The molecule has 1 aromatic carbocycles. The van der Waals surface area contributed by atoms with Crippen molar-refractivity contribution in [2.24, 2.45) is 11.7 Å². The Morgan fingerprint density at radius 1 is 1.09 bits per heavy atom. The van der Waals surface area contributed by atoms with Crippen LogP contribution < -0.4 is 5.73 Å². The van der Waals surface area contributed by atoms with Crippen molar-refractivity contribution in [1.29, 1.82) is 0 Å². The van der Waals surface area contributed by atoms with E-state index in [0.29, 0.717) is 12.8 Å². The van der Waals surface area contributed by atoms with E-state index in [2.05, 4.69) is 41.2 Å². The maximum atomic E-state index is 12.0. The molecule has 2 aromatic rings. The van der Waals surface area contributed by atoms with E-state index in [0.717, 1.165) is 18.4 Å². The first-order valence-corrected chi connectivity index (χ1v) is 11.9. The van der Waals surface area contributed by atoms with Gasteiger partial charge in [0.2, 0.25) is 0 Å². The highest BCUT2D eigenvalue weighted by Gasteiger charge is 2.40. The summed E-state index contributed by atoms with van der Waals surface area (Å²) in [7, 11) is 0. The van der Waals surface area contributed by atoms with E-state index in [1.807, 2.05) is 12.1 Å². The van der Waals surface area contributed by atoms with Crippen molar-refractivity contribution in [2.45, 2.75) is 71.4 Å². The molecule has 0 saturated heterocycles. The fraction of sp³-hybridized carbons (Fsp3) is 0.500. The fourth-order valence-electron chi connectivity index (χ4n) is 4.32. The predicted octanol–water partition coefficient (Wildman–Crippen LogP) is 2.96. The second-order valence-electron chi connectivity index (χ2n) is 8.85. The standard InChI is InChI=1S/C26H32N4O5/c1-4-5-6-7-19-8-10-20(11-9-19)12-13-22-25(26(27)33)28-29-30(22)23-14-21(16-34-17(2)31)15-24(23)35-18(3)32/h8-11,21,23-24H,4-7,14-16H2,1-3H3,(H2,27,33)/t21-,23+,24+/m0/s1. The van der Waals surface area contributed by atoms with Crippen LogP contribution in [-0.2, 0) is 25.5 Å². The zero-order valence-electron chi connectivity index (χ0n) is 20.5. The Balaban J connectivity index is 1.87. The molecule has 3 atom stereocenters. The summed E-state index contributed by atoms with van der Waals surface area (Å²) in [4.78, 5) is 35.0. The van der Waals surface area contributed by atoms with Gasteiger partial charge < -0.3 is 15.2 Å². The Kier molecular flexibility index (Phi) is 9.01. The first kappa shape index (κ1) is 25.9. The maximum absolute atomic E-state index is 12.0. The molecule has 1 fully saturated rings. The number of esters is 2. The molecule has 0 radical (unpaired) electrons. The van der Waals surface area contributed by atoms with Gasteiger partial charge in [0, 0.05) is 19.4 Å². The largest absolute Gasteiger partial charge is 0.466 e. The molecule has 9 nitrogen and oxygen atoms in total. The van der Waals surface area contributed by atoms with Gasteiger partial charge in [0.05, 0.1) is 12.6 Å². The van der Waals surface area contributed by atoms with Crippen molar-refractivity contribution in [1.82, 2.24) is 15.0 Å². The summed E-state index contributed by atoms with van der Waals surface area (Å²) in [5.74, 6) is 4.48. The number of primary amides is 1. The number of benzene rings is 1. The number of hydrogen-bond acceptors (Lipinski definition) is 7. The Hall–Kier alpha value is -3.67. The van der Waals surface area contributed by atoms with Crippen LogP contribution in [0.4, 0.5) is 0 Å². The average molecular weight is 481 g/mol. The molecular formula is C26H32N4O5. The molecule has 1 heterocycles. The highest BCUT2D eigenvalue weighted by molar-refractivity contribution is 5.92. The number of hydrogen-bond donors (Lipinski definition) is 1. The van der Waals surface area contributed by atoms with Gasteiger partial charge in [-0.15, -0.1) is 5.10 Å². The Bertz CT molecular complexity index is 1110. The van der Waals surface area contributed by atoms with Gasteiger partial charge in [-0.05, 0) is 55.2 Å². The van der Waals surface area contributed by atoms with Gasteiger partial charge in [0.15, 0.2) is 5.69 Å². The van der Waals surface area contributed by atoms with Gasteiger partial charge in [-0.1, -0.05) is 43.0 Å². The lowest BCUT2D eigenvalue weighted by atomic mass is 10.1. The third kappa shape index (κ3) is 7.15. The van der Waals surface area contributed by atoms with E-state index in [9.17, 15) is 14.4 Å². The second kappa shape index (κ2) is 12.2. The molecule has 0 unspecified atom stereocenters. The number of aromatic nitrogens is 3. The number of nitrogens with zero attached hydrogens (tertiary/aromatic N) is 3. The zero-order valence-corrected chi connectivity index (χ0v) is 20.5. The number of ether oxygens (including phenoxy) is 2. The van der Waals surface area contributed by atoms with Gasteiger partial charge in [0.1, 0.15) is 11.8 Å².